The third kappa shape index (κ3) is 2.82. The summed E-state index contributed by atoms with van der Waals surface area (Å²) in [6, 6.07) is 14.7. The Labute approximate surface area is 123 Å². The highest BCUT2D eigenvalue weighted by Gasteiger charge is 2.16. The van der Waals surface area contributed by atoms with Crippen LogP contribution < -0.4 is 10.2 Å². The van der Waals surface area contributed by atoms with Gasteiger partial charge in [-0.2, -0.15) is 5.26 Å². The van der Waals surface area contributed by atoms with Gasteiger partial charge in [-0.3, -0.25) is 0 Å². The molecule has 1 aliphatic rings. The maximum absolute atomic E-state index is 13.2. The SMILES string of the molecule is N#Cc1cc(F)ccc1CN1CCCNc2ccccc21. The average Bonchev–Trinajstić information content (AvgIpc) is 2.71. The summed E-state index contributed by atoms with van der Waals surface area (Å²) >= 11 is 0. The Morgan fingerprint density at radius 1 is 1.24 bits per heavy atom. The molecule has 0 aromatic heterocycles. The van der Waals surface area contributed by atoms with E-state index in [1.54, 1.807) is 6.07 Å². The van der Waals surface area contributed by atoms with Crippen molar-refractivity contribution in [2.75, 3.05) is 23.3 Å². The second-order valence-electron chi connectivity index (χ2n) is 5.13. The van der Waals surface area contributed by atoms with Crippen molar-refractivity contribution in [1.29, 1.82) is 5.26 Å². The Kier molecular flexibility index (Phi) is 3.74. The van der Waals surface area contributed by atoms with Gasteiger partial charge in [-0.1, -0.05) is 18.2 Å². The van der Waals surface area contributed by atoms with Gasteiger partial charge >= 0.3 is 0 Å². The topological polar surface area (TPSA) is 39.1 Å². The summed E-state index contributed by atoms with van der Waals surface area (Å²) < 4.78 is 13.2. The molecule has 0 radical (unpaired) electrons. The minimum atomic E-state index is -0.367. The van der Waals surface area contributed by atoms with Crippen LogP contribution in [-0.2, 0) is 6.54 Å². The minimum Gasteiger partial charge on any atom is -0.383 e. The van der Waals surface area contributed by atoms with E-state index in [-0.39, 0.29) is 5.82 Å². The molecule has 0 unspecified atom stereocenters. The summed E-state index contributed by atoms with van der Waals surface area (Å²) in [5.41, 5.74) is 3.50. The van der Waals surface area contributed by atoms with Crippen molar-refractivity contribution in [3.63, 3.8) is 0 Å². The Morgan fingerprint density at radius 3 is 2.95 bits per heavy atom. The molecule has 1 aliphatic heterocycles. The van der Waals surface area contributed by atoms with Gasteiger partial charge in [0.15, 0.2) is 0 Å². The number of halogens is 1. The molecule has 0 spiro atoms. The van der Waals surface area contributed by atoms with Crippen LogP contribution in [0, 0.1) is 17.1 Å². The molecule has 0 amide bonds. The average molecular weight is 281 g/mol. The zero-order chi connectivity index (χ0) is 14.7. The summed E-state index contributed by atoms with van der Waals surface area (Å²) in [7, 11) is 0. The van der Waals surface area contributed by atoms with Crippen molar-refractivity contribution >= 4 is 11.4 Å². The third-order valence-corrected chi connectivity index (χ3v) is 3.72. The maximum atomic E-state index is 13.2. The lowest BCUT2D eigenvalue weighted by Crippen LogP contribution is -2.23. The molecule has 2 aromatic rings. The fourth-order valence-electron chi connectivity index (χ4n) is 2.67. The zero-order valence-electron chi connectivity index (χ0n) is 11.6. The number of hydrogen-bond acceptors (Lipinski definition) is 3. The van der Waals surface area contributed by atoms with Crippen molar-refractivity contribution in [3.8, 4) is 6.07 Å². The highest BCUT2D eigenvalue weighted by atomic mass is 19.1. The standard InChI is InChI=1S/C17H16FN3/c18-15-7-6-13(14(10-15)11-19)12-21-9-3-8-20-16-4-1-2-5-17(16)21/h1-2,4-7,10,20H,3,8-9,12H2. The molecule has 1 N–H and O–H groups in total. The summed E-state index contributed by atoms with van der Waals surface area (Å²) in [6.07, 6.45) is 1.03. The molecule has 3 nitrogen and oxygen atoms in total. The molecule has 106 valence electrons. The molecule has 3 rings (SSSR count). The summed E-state index contributed by atoms with van der Waals surface area (Å²) in [6.45, 7) is 2.45. The number of fused-ring (bicyclic) bond motifs is 1. The van der Waals surface area contributed by atoms with E-state index in [9.17, 15) is 9.65 Å². The van der Waals surface area contributed by atoms with Crippen LogP contribution in [0.3, 0.4) is 0 Å². The van der Waals surface area contributed by atoms with E-state index in [0.717, 1.165) is 36.4 Å². The molecule has 0 fully saturated rings. The number of benzene rings is 2. The Bertz CT molecular complexity index is 691. The molecule has 0 aliphatic carbocycles. The lowest BCUT2D eigenvalue weighted by molar-refractivity contribution is 0.626. The number of anilines is 2. The molecule has 1 heterocycles. The number of nitriles is 1. The highest BCUT2D eigenvalue weighted by molar-refractivity contribution is 5.70. The normalized spacial score (nSPS) is 13.8. The fourth-order valence-corrected chi connectivity index (χ4v) is 2.67. The third-order valence-electron chi connectivity index (χ3n) is 3.72. The molecule has 0 saturated heterocycles. The Morgan fingerprint density at radius 2 is 2.10 bits per heavy atom. The molecule has 4 heteroatoms. The van der Waals surface area contributed by atoms with Gasteiger partial charge in [-0.05, 0) is 36.2 Å². The number of rotatable bonds is 2. The van der Waals surface area contributed by atoms with Crippen LogP contribution in [0.4, 0.5) is 15.8 Å². The monoisotopic (exact) mass is 281 g/mol. The first-order chi connectivity index (χ1) is 10.3. The van der Waals surface area contributed by atoms with Gasteiger partial charge in [-0.25, -0.2) is 4.39 Å². The number of nitrogens with one attached hydrogen (secondary N) is 1. The summed E-state index contributed by atoms with van der Waals surface area (Å²) in [5.74, 6) is -0.367. The van der Waals surface area contributed by atoms with Crippen LogP contribution in [-0.4, -0.2) is 13.1 Å². The smallest absolute Gasteiger partial charge is 0.124 e. The van der Waals surface area contributed by atoms with Crippen LogP contribution >= 0.6 is 0 Å². The predicted molar refractivity (Wildman–Crippen MR) is 81.7 cm³/mol. The van der Waals surface area contributed by atoms with Gasteiger partial charge in [0.1, 0.15) is 5.82 Å². The van der Waals surface area contributed by atoms with Crippen molar-refractivity contribution in [1.82, 2.24) is 0 Å². The molecule has 21 heavy (non-hydrogen) atoms. The molecule has 0 saturated carbocycles. The van der Waals surface area contributed by atoms with Gasteiger partial charge in [-0.15, -0.1) is 0 Å². The molecule has 0 bridgehead atoms. The highest BCUT2D eigenvalue weighted by Crippen LogP contribution is 2.29. The molecule has 0 atom stereocenters. The first-order valence-corrected chi connectivity index (χ1v) is 7.04. The van der Waals surface area contributed by atoms with Crippen molar-refractivity contribution in [3.05, 3.63) is 59.4 Å². The quantitative estimate of drug-likeness (QED) is 0.915. The van der Waals surface area contributed by atoms with E-state index in [0.29, 0.717) is 12.1 Å². The van der Waals surface area contributed by atoms with E-state index in [4.69, 9.17) is 0 Å². The minimum absolute atomic E-state index is 0.367. The predicted octanol–water partition coefficient (Wildman–Crippen LogP) is 3.52. The molecular weight excluding hydrogens is 265 g/mol. The summed E-state index contributed by atoms with van der Waals surface area (Å²) in [5, 5.41) is 12.6. The largest absolute Gasteiger partial charge is 0.383 e. The van der Waals surface area contributed by atoms with Crippen LogP contribution in [0.1, 0.15) is 17.5 Å². The number of hydrogen-bond donors (Lipinski definition) is 1. The van der Waals surface area contributed by atoms with Gasteiger partial charge < -0.3 is 10.2 Å². The second kappa shape index (κ2) is 5.84. The second-order valence-corrected chi connectivity index (χ2v) is 5.13. The van der Waals surface area contributed by atoms with E-state index < -0.39 is 0 Å². The van der Waals surface area contributed by atoms with E-state index in [1.807, 2.05) is 12.1 Å². The van der Waals surface area contributed by atoms with Crippen molar-refractivity contribution in [2.24, 2.45) is 0 Å². The lowest BCUT2D eigenvalue weighted by Gasteiger charge is -2.25. The molecule has 2 aromatic carbocycles. The Hall–Kier alpha value is -2.54. The van der Waals surface area contributed by atoms with E-state index in [2.05, 4.69) is 28.4 Å². The first-order valence-electron chi connectivity index (χ1n) is 7.04. The van der Waals surface area contributed by atoms with Gasteiger partial charge in [0.25, 0.3) is 0 Å². The number of para-hydroxylation sites is 2. The van der Waals surface area contributed by atoms with Crippen LogP contribution in [0.25, 0.3) is 0 Å². The van der Waals surface area contributed by atoms with Gasteiger partial charge in [0.2, 0.25) is 0 Å². The van der Waals surface area contributed by atoms with Crippen LogP contribution in [0.15, 0.2) is 42.5 Å². The van der Waals surface area contributed by atoms with Crippen molar-refractivity contribution < 1.29 is 4.39 Å². The first kappa shape index (κ1) is 13.4. The zero-order valence-corrected chi connectivity index (χ0v) is 11.6. The van der Waals surface area contributed by atoms with Gasteiger partial charge in [0, 0.05) is 19.6 Å². The van der Waals surface area contributed by atoms with E-state index in [1.165, 1.54) is 12.1 Å². The van der Waals surface area contributed by atoms with Crippen LogP contribution in [0.5, 0.6) is 0 Å². The lowest BCUT2D eigenvalue weighted by atomic mass is 10.1. The fraction of sp³-hybridized carbons (Fsp3) is 0.235. The Balaban J connectivity index is 1.93. The van der Waals surface area contributed by atoms with Crippen molar-refractivity contribution in [2.45, 2.75) is 13.0 Å². The van der Waals surface area contributed by atoms with Crippen LogP contribution in [0.2, 0.25) is 0 Å². The number of nitrogens with zero attached hydrogens (tertiary/aromatic N) is 2. The maximum Gasteiger partial charge on any atom is 0.124 e. The summed E-state index contributed by atoms with van der Waals surface area (Å²) in [4.78, 5) is 2.24. The van der Waals surface area contributed by atoms with E-state index >= 15 is 0 Å². The van der Waals surface area contributed by atoms with Gasteiger partial charge in [0.05, 0.1) is 23.0 Å². The molecular formula is C17H16FN3.